The zero-order valence-electron chi connectivity index (χ0n) is 11.5. The lowest BCUT2D eigenvalue weighted by Gasteiger charge is -2.30. The van der Waals surface area contributed by atoms with Crippen LogP contribution in [0.3, 0.4) is 0 Å². The first-order chi connectivity index (χ1) is 8.77. The van der Waals surface area contributed by atoms with Crippen LogP contribution in [0.1, 0.15) is 19.4 Å². The summed E-state index contributed by atoms with van der Waals surface area (Å²) < 4.78 is 0. The van der Waals surface area contributed by atoms with Crippen LogP contribution in [0.2, 0.25) is 0 Å². The molecule has 0 radical (unpaired) electrons. The fourth-order valence-corrected chi connectivity index (χ4v) is 1.59. The smallest absolute Gasteiger partial charge is 0.323 e. The molecule has 5 heteroatoms. The third kappa shape index (κ3) is 3.79. The second kappa shape index (κ2) is 5.84. The molecule has 1 aromatic carbocycles. The van der Waals surface area contributed by atoms with Crippen molar-refractivity contribution in [3.8, 4) is 0 Å². The summed E-state index contributed by atoms with van der Waals surface area (Å²) >= 11 is 0. The Balaban J connectivity index is 3.11. The van der Waals surface area contributed by atoms with Gasteiger partial charge in [-0.25, -0.2) is 0 Å². The molecule has 0 fully saturated rings. The van der Waals surface area contributed by atoms with Crippen LogP contribution >= 0.6 is 0 Å². The summed E-state index contributed by atoms with van der Waals surface area (Å²) in [6, 6.07) is 7.16. The maximum atomic E-state index is 12.4. The van der Waals surface area contributed by atoms with Crippen molar-refractivity contribution in [1.29, 1.82) is 0 Å². The summed E-state index contributed by atoms with van der Waals surface area (Å²) in [7, 11) is 0. The molecule has 0 unspecified atom stereocenters. The van der Waals surface area contributed by atoms with E-state index in [1.165, 1.54) is 4.90 Å². The summed E-state index contributed by atoms with van der Waals surface area (Å²) in [6.45, 7) is 5.13. The van der Waals surface area contributed by atoms with Gasteiger partial charge in [0.05, 0.1) is 5.41 Å². The van der Waals surface area contributed by atoms with Gasteiger partial charge in [-0.3, -0.25) is 9.59 Å². The molecule has 104 valence electrons. The molecule has 0 aliphatic heterocycles. The number of nitrogens with zero attached hydrogens (tertiary/aromatic N) is 1. The molecule has 1 aromatic rings. The van der Waals surface area contributed by atoms with Crippen molar-refractivity contribution in [2.45, 2.75) is 20.8 Å². The van der Waals surface area contributed by atoms with E-state index in [4.69, 9.17) is 10.8 Å². The zero-order chi connectivity index (χ0) is 14.6. The third-order valence-corrected chi connectivity index (χ3v) is 2.97. The SMILES string of the molecule is Cc1ccc(N(CC(=O)O)C(=O)C(C)(C)CN)cc1. The molecule has 19 heavy (non-hydrogen) atoms. The average molecular weight is 264 g/mol. The van der Waals surface area contributed by atoms with Crippen LogP contribution in [0.4, 0.5) is 5.69 Å². The van der Waals surface area contributed by atoms with Crippen molar-refractivity contribution in [3.63, 3.8) is 0 Å². The largest absolute Gasteiger partial charge is 0.480 e. The van der Waals surface area contributed by atoms with Crippen molar-refractivity contribution in [3.05, 3.63) is 29.8 Å². The number of hydrogen-bond donors (Lipinski definition) is 2. The molecule has 3 N–H and O–H groups in total. The van der Waals surface area contributed by atoms with Crippen LogP contribution in [0.25, 0.3) is 0 Å². The number of carbonyl (C=O) groups is 2. The molecule has 0 aliphatic carbocycles. The maximum Gasteiger partial charge on any atom is 0.323 e. The van der Waals surface area contributed by atoms with E-state index in [0.717, 1.165) is 5.56 Å². The third-order valence-electron chi connectivity index (χ3n) is 2.97. The van der Waals surface area contributed by atoms with Crippen LogP contribution in [0.15, 0.2) is 24.3 Å². The highest BCUT2D eigenvalue weighted by atomic mass is 16.4. The number of amides is 1. The number of nitrogens with two attached hydrogens (primary N) is 1. The lowest BCUT2D eigenvalue weighted by Crippen LogP contribution is -2.46. The Morgan fingerprint density at radius 3 is 2.21 bits per heavy atom. The first kappa shape index (κ1) is 15.2. The van der Waals surface area contributed by atoms with Gasteiger partial charge < -0.3 is 15.7 Å². The fourth-order valence-electron chi connectivity index (χ4n) is 1.59. The number of carboxylic acid groups (broad SMARTS) is 1. The van der Waals surface area contributed by atoms with Crippen molar-refractivity contribution in [2.24, 2.45) is 11.1 Å². The summed E-state index contributed by atoms with van der Waals surface area (Å²) in [5.74, 6) is -1.34. The highest BCUT2D eigenvalue weighted by molar-refractivity contribution is 6.00. The molecule has 0 bridgehead atoms. The van der Waals surface area contributed by atoms with Gasteiger partial charge in [-0.2, -0.15) is 0 Å². The van der Waals surface area contributed by atoms with E-state index in [0.29, 0.717) is 5.69 Å². The van der Waals surface area contributed by atoms with Gasteiger partial charge in [0.1, 0.15) is 6.54 Å². The molecule has 1 amide bonds. The first-order valence-electron chi connectivity index (χ1n) is 6.08. The number of anilines is 1. The van der Waals surface area contributed by atoms with Gasteiger partial charge in [0.25, 0.3) is 0 Å². The molecule has 0 saturated heterocycles. The number of aliphatic carboxylic acids is 1. The highest BCUT2D eigenvalue weighted by Gasteiger charge is 2.32. The molecule has 1 rings (SSSR count). The van der Waals surface area contributed by atoms with E-state index in [1.807, 2.05) is 19.1 Å². The Bertz CT molecular complexity index is 466. The number of carbonyl (C=O) groups excluding carboxylic acids is 1. The Labute approximate surface area is 113 Å². The lowest BCUT2D eigenvalue weighted by molar-refractivity contribution is -0.137. The molecule has 0 atom stereocenters. The van der Waals surface area contributed by atoms with Gasteiger partial charge >= 0.3 is 5.97 Å². The molecular weight excluding hydrogens is 244 g/mol. The van der Waals surface area contributed by atoms with E-state index >= 15 is 0 Å². The van der Waals surface area contributed by atoms with Crippen molar-refractivity contribution >= 4 is 17.6 Å². The van der Waals surface area contributed by atoms with Gasteiger partial charge in [0, 0.05) is 12.2 Å². The van der Waals surface area contributed by atoms with Gasteiger partial charge in [0.15, 0.2) is 0 Å². The maximum absolute atomic E-state index is 12.4. The van der Waals surface area contributed by atoms with Crippen LogP contribution < -0.4 is 10.6 Å². The second-order valence-electron chi connectivity index (χ2n) is 5.21. The Hall–Kier alpha value is -1.88. The second-order valence-corrected chi connectivity index (χ2v) is 5.21. The van der Waals surface area contributed by atoms with Crippen molar-refractivity contribution in [2.75, 3.05) is 18.0 Å². The number of aryl methyl sites for hydroxylation is 1. The molecule has 0 heterocycles. The molecule has 0 aromatic heterocycles. The molecule has 0 spiro atoms. The predicted molar refractivity (Wildman–Crippen MR) is 74.0 cm³/mol. The van der Waals surface area contributed by atoms with E-state index < -0.39 is 11.4 Å². The standard InChI is InChI=1S/C14H20N2O3/c1-10-4-6-11(7-5-10)16(8-12(17)18)13(19)14(2,3)9-15/h4-7H,8-9,15H2,1-3H3,(H,17,18). The topological polar surface area (TPSA) is 83.6 Å². The fraction of sp³-hybridized carbons (Fsp3) is 0.429. The first-order valence-corrected chi connectivity index (χ1v) is 6.08. The Kier molecular flexibility index (Phi) is 4.67. The number of benzene rings is 1. The van der Waals surface area contributed by atoms with E-state index in [1.54, 1.807) is 26.0 Å². The van der Waals surface area contributed by atoms with Crippen LogP contribution in [-0.2, 0) is 9.59 Å². The normalized spacial score (nSPS) is 11.2. The summed E-state index contributed by atoms with van der Waals surface area (Å²) in [5.41, 5.74) is 6.41. The van der Waals surface area contributed by atoms with E-state index in [9.17, 15) is 9.59 Å². The number of hydrogen-bond acceptors (Lipinski definition) is 3. The Morgan fingerprint density at radius 2 is 1.79 bits per heavy atom. The van der Waals surface area contributed by atoms with Gasteiger partial charge in [0.2, 0.25) is 5.91 Å². The lowest BCUT2D eigenvalue weighted by atomic mass is 9.91. The molecule has 5 nitrogen and oxygen atoms in total. The quantitative estimate of drug-likeness (QED) is 0.842. The molecule has 0 saturated carbocycles. The summed E-state index contributed by atoms with van der Waals surface area (Å²) in [5, 5.41) is 8.96. The molecule has 0 aliphatic rings. The monoisotopic (exact) mass is 264 g/mol. The highest BCUT2D eigenvalue weighted by Crippen LogP contribution is 2.23. The molecular formula is C14H20N2O3. The minimum absolute atomic E-state index is 0.161. The predicted octanol–water partition coefficient (Wildman–Crippen LogP) is 1.40. The van der Waals surface area contributed by atoms with Gasteiger partial charge in [-0.1, -0.05) is 17.7 Å². The van der Waals surface area contributed by atoms with Gasteiger partial charge in [-0.05, 0) is 32.9 Å². The zero-order valence-corrected chi connectivity index (χ0v) is 11.5. The minimum atomic E-state index is -1.05. The van der Waals surface area contributed by atoms with Crippen LogP contribution in [0.5, 0.6) is 0 Å². The number of carboxylic acids is 1. The Morgan fingerprint density at radius 1 is 1.26 bits per heavy atom. The van der Waals surface area contributed by atoms with Crippen LogP contribution in [-0.4, -0.2) is 30.1 Å². The average Bonchev–Trinajstić information content (AvgIpc) is 2.36. The number of rotatable bonds is 5. The van der Waals surface area contributed by atoms with Crippen LogP contribution in [0, 0.1) is 12.3 Å². The van der Waals surface area contributed by atoms with Gasteiger partial charge in [-0.15, -0.1) is 0 Å². The van der Waals surface area contributed by atoms with E-state index in [2.05, 4.69) is 0 Å². The minimum Gasteiger partial charge on any atom is -0.480 e. The summed E-state index contributed by atoms with van der Waals surface area (Å²) in [6.07, 6.45) is 0. The van der Waals surface area contributed by atoms with Crippen molar-refractivity contribution in [1.82, 2.24) is 0 Å². The van der Waals surface area contributed by atoms with E-state index in [-0.39, 0.29) is 19.0 Å². The van der Waals surface area contributed by atoms with Crippen molar-refractivity contribution < 1.29 is 14.7 Å². The summed E-state index contributed by atoms with van der Waals surface area (Å²) in [4.78, 5) is 24.6.